The molecule has 2 atom stereocenters. The van der Waals surface area contributed by atoms with Crippen LogP contribution in [0.1, 0.15) is 29.8 Å². The van der Waals surface area contributed by atoms with E-state index in [1.807, 2.05) is 54.8 Å². The number of rotatable bonds is 4. The van der Waals surface area contributed by atoms with Crippen molar-refractivity contribution >= 4 is 17.7 Å². The van der Waals surface area contributed by atoms with Crippen LogP contribution in [-0.4, -0.2) is 45.7 Å². The highest BCUT2D eigenvalue weighted by Crippen LogP contribution is 2.22. The summed E-state index contributed by atoms with van der Waals surface area (Å²) in [4.78, 5) is 19.0. The van der Waals surface area contributed by atoms with Gasteiger partial charge in [-0.1, -0.05) is 23.9 Å². The minimum absolute atomic E-state index is 0.0832. The molecule has 0 aliphatic carbocycles. The van der Waals surface area contributed by atoms with Crippen molar-refractivity contribution in [2.75, 3.05) is 13.1 Å². The smallest absolute Gasteiger partial charge is 0.254 e. The first-order valence-corrected chi connectivity index (χ1v) is 9.15. The Hall–Kier alpha value is -1.79. The number of aryl methyl sites for hydroxylation is 1. The Balaban J connectivity index is 1.68. The van der Waals surface area contributed by atoms with Crippen LogP contribution < -0.4 is 0 Å². The average Bonchev–Trinajstić information content (AvgIpc) is 2.97. The van der Waals surface area contributed by atoms with E-state index < -0.39 is 0 Å². The van der Waals surface area contributed by atoms with Gasteiger partial charge in [-0.2, -0.15) is 0 Å². The van der Waals surface area contributed by atoms with E-state index in [9.17, 15) is 4.79 Å². The molecule has 2 heterocycles. The van der Waals surface area contributed by atoms with Crippen LogP contribution in [0, 0.1) is 0 Å². The third-order valence-corrected chi connectivity index (χ3v) is 5.15. The van der Waals surface area contributed by atoms with Crippen molar-refractivity contribution in [3.8, 4) is 0 Å². The number of thioether (sulfide) groups is 1. The number of nitrogens with zero attached hydrogens (tertiary/aromatic N) is 3. The molecule has 0 saturated carbocycles. The monoisotopic (exact) mass is 345 g/mol. The lowest BCUT2D eigenvalue weighted by Crippen LogP contribution is -2.48. The molecule has 1 aliphatic rings. The number of ether oxygens (including phenoxy) is 1. The van der Waals surface area contributed by atoms with Crippen LogP contribution >= 0.6 is 11.8 Å². The zero-order chi connectivity index (χ0) is 17.1. The second-order valence-electron chi connectivity index (χ2n) is 6.28. The molecular weight excluding hydrogens is 322 g/mol. The van der Waals surface area contributed by atoms with Crippen molar-refractivity contribution in [2.45, 2.75) is 37.0 Å². The van der Waals surface area contributed by atoms with Crippen LogP contribution in [0.25, 0.3) is 0 Å². The molecule has 1 fully saturated rings. The highest BCUT2D eigenvalue weighted by molar-refractivity contribution is 7.98. The number of imidazole rings is 1. The van der Waals surface area contributed by atoms with Gasteiger partial charge in [-0.3, -0.25) is 4.79 Å². The molecule has 1 aliphatic heterocycles. The molecule has 6 heteroatoms. The fraction of sp³-hybridized carbons (Fsp3) is 0.444. The lowest BCUT2D eigenvalue weighted by molar-refractivity contribution is -0.0586. The summed E-state index contributed by atoms with van der Waals surface area (Å²) in [5.41, 5.74) is 1.87. The maximum Gasteiger partial charge on any atom is 0.254 e. The summed E-state index contributed by atoms with van der Waals surface area (Å²) in [6.07, 6.45) is 3.89. The van der Waals surface area contributed by atoms with E-state index in [1.54, 1.807) is 18.0 Å². The summed E-state index contributed by atoms with van der Waals surface area (Å²) in [5, 5.41) is 0.975. The van der Waals surface area contributed by atoms with Gasteiger partial charge in [0.25, 0.3) is 5.91 Å². The van der Waals surface area contributed by atoms with Gasteiger partial charge in [0.15, 0.2) is 5.16 Å². The summed E-state index contributed by atoms with van der Waals surface area (Å²) in [5.74, 6) is 0.878. The van der Waals surface area contributed by atoms with Gasteiger partial charge in [0, 0.05) is 43.8 Å². The molecule has 128 valence electrons. The van der Waals surface area contributed by atoms with Gasteiger partial charge in [0.1, 0.15) is 0 Å². The molecule has 5 nitrogen and oxygen atoms in total. The number of morpholine rings is 1. The first-order valence-electron chi connectivity index (χ1n) is 8.16. The Morgan fingerprint density at radius 2 is 2.08 bits per heavy atom. The van der Waals surface area contributed by atoms with Gasteiger partial charge in [0.05, 0.1) is 12.2 Å². The van der Waals surface area contributed by atoms with Crippen molar-refractivity contribution in [1.82, 2.24) is 14.5 Å². The summed E-state index contributed by atoms with van der Waals surface area (Å²) in [6, 6.07) is 7.89. The fourth-order valence-electron chi connectivity index (χ4n) is 2.96. The minimum Gasteiger partial charge on any atom is -0.372 e. The number of carbonyl (C=O) groups is 1. The Morgan fingerprint density at radius 3 is 2.75 bits per heavy atom. The van der Waals surface area contributed by atoms with E-state index in [0.717, 1.165) is 22.0 Å². The maximum atomic E-state index is 12.8. The zero-order valence-electron chi connectivity index (χ0n) is 14.3. The first-order chi connectivity index (χ1) is 11.5. The van der Waals surface area contributed by atoms with Crippen molar-refractivity contribution in [3.05, 3.63) is 47.8 Å². The number of carbonyl (C=O) groups excluding carboxylic acids is 1. The minimum atomic E-state index is 0.0832. The van der Waals surface area contributed by atoms with E-state index in [-0.39, 0.29) is 18.1 Å². The van der Waals surface area contributed by atoms with E-state index >= 15 is 0 Å². The Bertz CT molecular complexity index is 706. The molecule has 0 spiro atoms. The summed E-state index contributed by atoms with van der Waals surface area (Å²) in [7, 11) is 1.98. The van der Waals surface area contributed by atoms with Gasteiger partial charge < -0.3 is 14.2 Å². The number of benzene rings is 1. The number of hydrogen-bond acceptors (Lipinski definition) is 4. The van der Waals surface area contributed by atoms with Crippen molar-refractivity contribution in [3.63, 3.8) is 0 Å². The van der Waals surface area contributed by atoms with Crippen molar-refractivity contribution in [1.29, 1.82) is 0 Å². The Kier molecular flexibility index (Phi) is 5.26. The van der Waals surface area contributed by atoms with Crippen LogP contribution in [0.4, 0.5) is 0 Å². The third kappa shape index (κ3) is 3.99. The lowest BCUT2D eigenvalue weighted by atomic mass is 10.1. The van der Waals surface area contributed by atoms with Crippen LogP contribution in [0.2, 0.25) is 0 Å². The molecule has 1 aromatic heterocycles. The van der Waals surface area contributed by atoms with Gasteiger partial charge in [-0.25, -0.2) is 4.98 Å². The molecule has 3 rings (SSSR count). The van der Waals surface area contributed by atoms with Crippen molar-refractivity contribution in [2.24, 2.45) is 7.05 Å². The van der Waals surface area contributed by atoms with Gasteiger partial charge in [0.2, 0.25) is 0 Å². The lowest BCUT2D eigenvalue weighted by Gasteiger charge is -2.35. The molecule has 0 N–H and O–H groups in total. The molecule has 24 heavy (non-hydrogen) atoms. The predicted octanol–water partition coefficient (Wildman–Crippen LogP) is 2.96. The molecule has 1 amide bonds. The van der Waals surface area contributed by atoms with Crippen LogP contribution in [0.3, 0.4) is 0 Å². The topological polar surface area (TPSA) is 47.4 Å². The number of aromatic nitrogens is 2. The van der Waals surface area contributed by atoms with E-state index in [1.165, 1.54) is 0 Å². The predicted molar refractivity (Wildman–Crippen MR) is 95.1 cm³/mol. The quantitative estimate of drug-likeness (QED) is 0.800. The van der Waals surface area contributed by atoms with E-state index in [4.69, 9.17) is 4.74 Å². The van der Waals surface area contributed by atoms with E-state index in [2.05, 4.69) is 11.1 Å². The fourth-order valence-corrected chi connectivity index (χ4v) is 3.83. The van der Waals surface area contributed by atoms with Gasteiger partial charge in [-0.15, -0.1) is 0 Å². The molecule has 2 unspecified atom stereocenters. The Labute approximate surface area is 147 Å². The van der Waals surface area contributed by atoms with Crippen LogP contribution in [0.5, 0.6) is 0 Å². The van der Waals surface area contributed by atoms with Gasteiger partial charge in [-0.05, 0) is 31.5 Å². The third-order valence-electron chi connectivity index (χ3n) is 4.03. The second kappa shape index (κ2) is 7.40. The molecule has 0 radical (unpaired) electrons. The average molecular weight is 345 g/mol. The Morgan fingerprint density at radius 1 is 1.33 bits per heavy atom. The highest BCUT2D eigenvalue weighted by atomic mass is 32.2. The van der Waals surface area contributed by atoms with Crippen molar-refractivity contribution < 1.29 is 9.53 Å². The first kappa shape index (κ1) is 17.0. The molecule has 0 bridgehead atoms. The van der Waals surface area contributed by atoms with E-state index in [0.29, 0.717) is 13.1 Å². The van der Waals surface area contributed by atoms with Crippen LogP contribution in [0.15, 0.2) is 41.8 Å². The largest absolute Gasteiger partial charge is 0.372 e. The summed E-state index contributed by atoms with van der Waals surface area (Å²) in [6.45, 7) is 5.32. The maximum absolute atomic E-state index is 12.8. The number of amides is 1. The van der Waals surface area contributed by atoms with Crippen LogP contribution in [-0.2, 0) is 17.5 Å². The van der Waals surface area contributed by atoms with Gasteiger partial charge >= 0.3 is 0 Å². The standard InChI is InChI=1S/C18H23N3O2S/c1-13-10-21(11-14(2)23-13)17(22)16-6-4-5-15(9-16)12-24-18-19-7-8-20(18)3/h4-9,13-14H,10-12H2,1-3H3. The molecule has 2 aromatic rings. The second-order valence-corrected chi connectivity index (χ2v) is 7.22. The molecular formula is C18H23N3O2S. The molecule has 1 aromatic carbocycles. The highest BCUT2D eigenvalue weighted by Gasteiger charge is 2.26. The summed E-state index contributed by atoms with van der Waals surface area (Å²) >= 11 is 1.67. The summed E-state index contributed by atoms with van der Waals surface area (Å²) < 4.78 is 7.71. The normalized spacial score (nSPS) is 21.0. The SMILES string of the molecule is CC1CN(C(=O)c2cccc(CSc3nccn3C)c2)CC(C)O1. The molecule has 1 saturated heterocycles. The zero-order valence-corrected chi connectivity index (χ0v) is 15.1. The number of hydrogen-bond donors (Lipinski definition) is 0.